The minimum Gasteiger partial charge on any atom is -0.395 e. The molecule has 14 nitrogen and oxygen atoms in total. The minimum absolute atomic E-state index is 0.0157. The van der Waals surface area contributed by atoms with Crippen LogP contribution in [0.15, 0.2) is 6.33 Å². The lowest BCUT2D eigenvalue weighted by molar-refractivity contribution is -0.119. The van der Waals surface area contributed by atoms with Crippen LogP contribution in [0.3, 0.4) is 0 Å². The van der Waals surface area contributed by atoms with Crippen LogP contribution in [0.1, 0.15) is 40.8 Å². The molecule has 2 aromatic rings. The molecule has 5 atom stereocenters. The molecule has 3 unspecified atom stereocenters. The standard InChI is InChI=1S/C21H34ClN6O8PS/c1-11(2)27-37(33,34-6-7-38-18(31)20(3,4)9-29)35-8-12-14(30)21(5,32)17(36-12)28-10-24-13-15(22)25-19(23)26-16(13)28/h10-12,14,17,29-30,32H,6-9H2,1-5H3,(H,27,33)(H2,23,25,26)/t12-,14+,17?,21?,37?/m1/s1. The summed E-state index contributed by atoms with van der Waals surface area (Å²) < 4.78 is 31.7. The number of nitrogen functional groups attached to an aromatic ring is 1. The normalized spacial score (nSPS) is 25.8. The number of fused-ring (bicyclic) bond motifs is 1. The fourth-order valence-corrected chi connectivity index (χ4v) is 6.28. The molecule has 0 saturated carbocycles. The average molecular weight is 597 g/mol. The van der Waals surface area contributed by atoms with Crippen LogP contribution >= 0.6 is 31.1 Å². The summed E-state index contributed by atoms with van der Waals surface area (Å²) >= 11 is 7.04. The maximum Gasteiger partial charge on any atom is 0.405 e. The second-order valence-electron chi connectivity index (χ2n) is 9.98. The summed E-state index contributed by atoms with van der Waals surface area (Å²) in [5.74, 6) is 0.0654. The van der Waals surface area contributed by atoms with Crippen LogP contribution in [-0.2, 0) is 23.1 Å². The number of thioether (sulfide) groups is 1. The summed E-state index contributed by atoms with van der Waals surface area (Å²) in [5, 5.41) is 33.8. The third kappa shape index (κ3) is 6.84. The molecule has 2 aromatic heterocycles. The maximum atomic E-state index is 13.4. The summed E-state index contributed by atoms with van der Waals surface area (Å²) in [4.78, 5) is 24.3. The molecule has 0 spiro atoms. The van der Waals surface area contributed by atoms with Gasteiger partial charge in [0.25, 0.3) is 0 Å². The first-order valence-corrected chi connectivity index (χ1v) is 14.7. The molecular formula is C21H34ClN6O8PS. The van der Waals surface area contributed by atoms with Crippen molar-refractivity contribution in [3.8, 4) is 0 Å². The summed E-state index contributed by atoms with van der Waals surface area (Å²) in [6.45, 7) is 7.30. The minimum atomic E-state index is -3.91. The second-order valence-corrected chi connectivity index (χ2v) is 13.2. The molecule has 214 valence electrons. The zero-order chi connectivity index (χ0) is 28.5. The van der Waals surface area contributed by atoms with Crippen LogP contribution in [0.25, 0.3) is 11.2 Å². The monoisotopic (exact) mass is 596 g/mol. The Morgan fingerprint density at radius 1 is 1.42 bits per heavy atom. The van der Waals surface area contributed by atoms with E-state index in [1.807, 2.05) is 0 Å². The largest absolute Gasteiger partial charge is 0.405 e. The lowest BCUT2D eigenvalue weighted by Crippen LogP contribution is -2.44. The van der Waals surface area contributed by atoms with Crippen LogP contribution in [-0.4, -0.2) is 89.4 Å². The number of hydrogen-bond donors (Lipinski definition) is 5. The van der Waals surface area contributed by atoms with Crippen molar-refractivity contribution in [2.75, 3.05) is 31.3 Å². The van der Waals surface area contributed by atoms with E-state index in [0.717, 1.165) is 11.8 Å². The molecule has 1 fully saturated rings. The number of aromatic nitrogens is 4. The average Bonchev–Trinajstić information content (AvgIpc) is 3.33. The number of anilines is 1. The molecule has 3 rings (SSSR count). The van der Waals surface area contributed by atoms with Gasteiger partial charge in [-0.1, -0.05) is 23.4 Å². The van der Waals surface area contributed by atoms with Crippen LogP contribution in [0.2, 0.25) is 5.15 Å². The number of aliphatic hydroxyl groups is 3. The fourth-order valence-electron chi connectivity index (χ4n) is 3.60. The van der Waals surface area contributed by atoms with Gasteiger partial charge >= 0.3 is 7.75 Å². The third-order valence-electron chi connectivity index (χ3n) is 5.75. The molecule has 0 amide bonds. The Morgan fingerprint density at radius 2 is 2.11 bits per heavy atom. The number of nitrogens with zero attached hydrogens (tertiary/aromatic N) is 4. The number of carbonyl (C=O) groups is 1. The van der Waals surface area contributed by atoms with Crippen molar-refractivity contribution in [3.63, 3.8) is 0 Å². The Kier molecular flexibility index (Phi) is 9.84. The van der Waals surface area contributed by atoms with Crippen molar-refractivity contribution in [2.45, 2.75) is 64.7 Å². The third-order valence-corrected chi connectivity index (χ3v) is 9.05. The Balaban J connectivity index is 1.69. The lowest BCUT2D eigenvalue weighted by atomic mass is 9.96. The summed E-state index contributed by atoms with van der Waals surface area (Å²) in [6, 6.07) is -0.291. The number of nitrogens with one attached hydrogen (secondary N) is 1. The Morgan fingerprint density at radius 3 is 2.74 bits per heavy atom. The van der Waals surface area contributed by atoms with Crippen LogP contribution in [0.4, 0.5) is 5.95 Å². The van der Waals surface area contributed by atoms with Gasteiger partial charge in [-0.05, 0) is 34.6 Å². The van der Waals surface area contributed by atoms with E-state index >= 15 is 0 Å². The summed E-state index contributed by atoms with van der Waals surface area (Å²) in [5.41, 5.74) is 3.38. The SMILES string of the molecule is CC(C)NP(=O)(OCCSC(=O)C(C)(C)CO)OC[C@H]1OC(n2cnc3c(Cl)nc(N)nc32)C(C)(O)[C@H]1O. The zero-order valence-corrected chi connectivity index (χ0v) is 24.2. The summed E-state index contributed by atoms with van der Waals surface area (Å²) in [6.07, 6.45) is -2.42. The van der Waals surface area contributed by atoms with E-state index in [0.29, 0.717) is 0 Å². The van der Waals surface area contributed by atoms with E-state index in [1.54, 1.807) is 27.7 Å². The second kappa shape index (κ2) is 12.0. The number of rotatable bonds is 12. The van der Waals surface area contributed by atoms with E-state index in [9.17, 15) is 24.7 Å². The molecule has 0 bridgehead atoms. The molecule has 1 aliphatic heterocycles. The van der Waals surface area contributed by atoms with Gasteiger partial charge in [-0.3, -0.25) is 18.4 Å². The highest BCUT2D eigenvalue weighted by Crippen LogP contribution is 2.47. The van der Waals surface area contributed by atoms with Gasteiger partial charge in [-0.25, -0.2) is 14.6 Å². The zero-order valence-electron chi connectivity index (χ0n) is 21.7. The highest BCUT2D eigenvalue weighted by Gasteiger charge is 2.54. The smallest absolute Gasteiger partial charge is 0.395 e. The molecule has 0 aliphatic carbocycles. The number of aliphatic hydroxyl groups excluding tert-OH is 2. The van der Waals surface area contributed by atoms with E-state index in [4.69, 9.17) is 31.1 Å². The van der Waals surface area contributed by atoms with Gasteiger partial charge in [-0.15, -0.1) is 0 Å². The summed E-state index contributed by atoms with van der Waals surface area (Å²) in [7, 11) is -3.91. The van der Waals surface area contributed by atoms with Crippen molar-refractivity contribution in [1.29, 1.82) is 0 Å². The molecule has 0 radical (unpaired) electrons. The fraction of sp³-hybridized carbons (Fsp3) is 0.714. The van der Waals surface area contributed by atoms with Gasteiger partial charge in [0.1, 0.15) is 23.3 Å². The maximum absolute atomic E-state index is 13.4. The van der Waals surface area contributed by atoms with Gasteiger partial charge in [0.15, 0.2) is 22.1 Å². The molecular weight excluding hydrogens is 563 g/mol. The predicted octanol–water partition coefficient (Wildman–Crippen LogP) is 1.49. The number of hydrogen-bond acceptors (Lipinski definition) is 13. The topological polar surface area (TPSA) is 204 Å². The molecule has 6 N–H and O–H groups in total. The van der Waals surface area contributed by atoms with E-state index in [-0.39, 0.29) is 52.4 Å². The number of carbonyl (C=O) groups excluding carboxylic acids is 1. The number of halogens is 1. The van der Waals surface area contributed by atoms with Crippen LogP contribution < -0.4 is 10.8 Å². The number of ether oxygens (including phenoxy) is 1. The first-order chi connectivity index (χ1) is 17.6. The van der Waals surface area contributed by atoms with Gasteiger partial charge in [0.2, 0.25) is 5.95 Å². The highest BCUT2D eigenvalue weighted by atomic mass is 35.5. The van der Waals surface area contributed by atoms with Crippen LogP contribution in [0, 0.1) is 5.41 Å². The molecule has 1 aliphatic rings. The predicted molar refractivity (Wildman–Crippen MR) is 141 cm³/mol. The molecule has 0 aromatic carbocycles. The van der Waals surface area contributed by atoms with Gasteiger partial charge in [0.05, 0.1) is 31.6 Å². The van der Waals surface area contributed by atoms with Crippen molar-refractivity contribution >= 4 is 53.3 Å². The van der Waals surface area contributed by atoms with Crippen molar-refractivity contribution < 1.29 is 38.5 Å². The van der Waals surface area contributed by atoms with E-state index in [1.165, 1.54) is 17.8 Å². The highest BCUT2D eigenvalue weighted by molar-refractivity contribution is 8.13. The Hall–Kier alpha value is -1.39. The lowest BCUT2D eigenvalue weighted by Gasteiger charge is -2.27. The quantitative estimate of drug-likeness (QED) is 0.134. The van der Waals surface area contributed by atoms with Crippen LogP contribution in [0.5, 0.6) is 0 Å². The molecule has 1 saturated heterocycles. The molecule has 38 heavy (non-hydrogen) atoms. The first kappa shape index (κ1) is 31.1. The van der Waals surface area contributed by atoms with Gasteiger partial charge < -0.3 is 25.8 Å². The van der Waals surface area contributed by atoms with Crippen molar-refractivity contribution in [3.05, 3.63) is 11.5 Å². The van der Waals surface area contributed by atoms with E-state index in [2.05, 4.69) is 20.0 Å². The molecule has 17 heteroatoms. The molecule has 3 heterocycles. The Bertz CT molecular complexity index is 1200. The number of nitrogens with two attached hydrogens (primary N) is 1. The van der Waals surface area contributed by atoms with E-state index < -0.39 is 43.8 Å². The Labute approximate surface area is 229 Å². The van der Waals surface area contributed by atoms with Gasteiger partial charge in [0, 0.05) is 11.8 Å². The number of imidazole rings is 1. The van der Waals surface area contributed by atoms with Crippen molar-refractivity contribution in [1.82, 2.24) is 24.6 Å². The first-order valence-electron chi connectivity index (χ1n) is 11.8. The van der Waals surface area contributed by atoms with Gasteiger partial charge in [-0.2, -0.15) is 9.97 Å². The van der Waals surface area contributed by atoms with Crippen molar-refractivity contribution in [2.24, 2.45) is 5.41 Å².